The van der Waals surface area contributed by atoms with Crippen molar-refractivity contribution in [3.63, 3.8) is 0 Å². The minimum atomic E-state index is -0.529. The second-order valence-electron chi connectivity index (χ2n) is 4.08. The van der Waals surface area contributed by atoms with Crippen molar-refractivity contribution >= 4 is 11.8 Å². The molecule has 0 amide bonds. The topological polar surface area (TPSA) is 32.3 Å². The molecule has 0 rings (SSSR count). The van der Waals surface area contributed by atoms with E-state index in [1.54, 1.807) is 0 Å². The Morgan fingerprint density at radius 2 is 2.00 bits per heavy atom. The highest BCUT2D eigenvalue weighted by molar-refractivity contribution is 7.98. The van der Waals surface area contributed by atoms with Crippen LogP contribution in [0, 0.1) is 0 Å². The predicted octanol–water partition coefficient (Wildman–Crippen LogP) is 2.27. The van der Waals surface area contributed by atoms with E-state index in [9.17, 15) is 5.11 Å². The Morgan fingerprint density at radius 1 is 1.29 bits per heavy atom. The van der Waals surface area contributed by atoms with Crippen LogP contribution < -0.4 is 5.32 Å². The van der Waals surface area contributed by atoms with E-state index in [2.05, 4.69) is 11.6 Å². The number of hydrogen-bond acceptors (Lipinski definition) is 3. The third-order valence-corrected chi connectivity index (χ3v) is 3.17. The van der Waals surface area contributed by atoms with Crippen molar-refractivity contribution in [3.8, 4) is 0 Å². The Hall–Kier alpha value is 0.270. The Bertz CT molecular complexity index is 128. The molecule has 2 nitrogen and oxygen atoms in total. The standard InChI is InChI=1S/C11H25NOS/c1-4-11(2,13)10-12-8-6-5-7-9-14-3/h12-13H,4-10H2,1-3H3. The Labute approximate surface area is 92.9 Å². The summed E-state index contributed by atoms with van der Waals surface area (Å²) in [7, 11) is 0. The van der Waals surface area contributed by atoms with Crippen LogP contribution in [-0.2, 0) is 0 Å². The van der Waals surface area contributed by atoms with E-state index in [4.69, 9.17) is 0 Å². The van der Waals surface area contributed by atoms with Crippen molar-refractivity contribution < 1.29 is 5.11 Å². The van der Waals surface area contributed by atoms with Crippen molar-refractivity contribution in [2.45, 2.75) is 45.1 Å². The third-order valence-electron chi connectivity index (χ3n) is 2.47. The summed E-state index contributed by atoms with van der Waals surface area (Å²) in [5.74, 6) is 1.27. The van der Waals surface area contributed by atoms with Gasteiger partial charge in [-0.1, -0.05) is 13.3 Å². The summed E-state index contributed by atoms with van der Waals surface area (Å²) in [5.41, 5.74) is -0.529. The van der Waals surface area contributed by atoms with Crippen LogP contribution in [0.4, 0.5) is 0 Å². The van der Waals surface area contributed by atoms with Gasteiger partial charge in [0.15, 0.2) is 0 Å². The van der Waals surface area contributed by atoms with Crippen LogP contribution in [0.2, 0.25) is 0 Å². The number of hydrogen-bond donors (Lipinski definition) is 2. The van der Waals surface area contributed by atoms with Crippen LogP contribution in [-0.4, -0.2) is 35.8 Å². The number of unbranched alkanes of at least 4 members (excludes halogenated alkanes) is 2. The van der Waals surface area contributed by atoms with E-state index < -0.39 is 5.60 Å². The van der Waals surface area contributed by atoms with Gasteiger partial charge >= 0.3 is 0 Å². The molecule has 3 heteroatoms. The summed E-state index contributed by atoms with van der Waals surface area (Å²) >= 11 is 1.91. The van der Waals surface area contributed by atoms with Crippen LogP contribution in [0.3, 0.4) is 0 Å². The molecule has 0 aliphatic carbocycles. The summed E-state index contributed by atoms with van der Waals surface area (Å²) in [6.45, 7) is 5.64. The zero-order valence-corrected chi connectivity index (χ0v) is 10.6. The first-order chi connectivity index (χ1) is 6.62. The highest BCUT2D eigenvalue weighted by atomic mass is 32.2. The van der Waals surface area contributed by atoms with Gasteiger partial charge in [-0.3, -0.25) is 0 Å². The quantitative estimate of drug-likeness (QED) is 0.584. The molecule has 1 unspecified atom stereocenters. The summed E-state index contributed by atoms with van der Waals surface area (Å²) in [5, 5.41) is 13.0. The molecule has 2 N–H and O–H groups in total. The SMILES string of the molecule is CCC(C)(O)CNCCCCCSC. The number of rotatable bonds is 9. The van der Waals surface area contributed by atoms with Gasteiger partial charge in [-0.15, -0.1) is 0 Å². The van der Waals surface area contributed by atoms with E-state index >= 15 is 0 Å². The van der Waals surface area contributed by atoms with E-state index in [0.29, 0.717) is 6.54 Å². The molecule has 14 heavy (non-hydrogen) atoms. The summed E-state index contributed by atoms with van der Waals surface area (Å²) in [6.07, 6.45) is 6.79. The minimum absolute atomic E-state index is 0.529. The highest BCUT2D eigenvalue weighted by Gasteiger charge is 2.15. The molecule has 86 valence electrons. The van der Waals surface area contributed by atoms with Crippen LogP contribution in [0.1, 0.15) is 39.5 Å². The maximum absolute atomic E-state index is 9.70. The fourth-order valence-corrected chi connectivity index (χ4v) is 1.65. The van der Waals surface area contributed by atoms with Gasteiger partial charge in [-0.25, -0.2) is 0 Å². The van der Waals surface area contributed by atoms with Gasteiger partial charge in [-0.05, 0) is 44.7 Å². The largest absolute Gasteiger partial charge is 0.389 e. The minimum Gasteiger partial charge on any atom is -0.389 e. The van der Waals surface area contributed by atoms with Crippen LogP contribution >= 0.6 is 11.8 Å². The van der Waals surface area contributed by atoms with Crippen molar-refractivity contribution in [2.75, 3.05) is 25.1 Å². The summed E-state index contributed by atoms with van der Waals surface area (Å²) < 4.78 is 0. The van der Waals surface area contributed by atoms with Crippen molar-refractivity contribution in [1.82, 2.24) is 5.32 Å². The van der Waals surface area contributed by atoms with Gasteiger partial charge in [0.2, 0.25) is 0 Å². The van der Waals surface area contributed by atoms with Gasteiger partial charge in [0.05, 0.1) is 5.60 Å². The number of aliphatic hydroxyl groups is 1. The molecule has 0 aromatic rings. The van der Waals surface area contributed by atoms with Crippen LogP contribution in [0.5, 0.6) is 0 Å². The molecule has 1 atom stereocenters. The molecule has 0 saturated heterocycles. The van der Waals surface area contributed by atoms with E-state index in [-0.39, 0.29) is 0 Å². The smallest absolute Gasteiger partial charge is 0.0740 e. The molecule has 0 fully saturated rings. The predicted molar refractivity (Wildman–Crippen MR) is 66.0 cm³/mol. The zero-order valence-electron chi connectivity index (χ0n) is 9.81. The van der Waals surface area contributed by atoms with Gasteiger partial charge in [0.25, 0.3) is 0 Å². The Morgan fingerprint density at radius 3 is 2.57 bits per heavy atom. The molecule has 0 aromatic heterocycles. The monoisotopic (exact) mass is 219 g/mol. The molecule has 0 aliphatic rings. The van der Waals surface area contributed by atoms with Gasteiger partial charge in [-0.2, -0.15) is 11.8 Å². The Balaban J connectivity index is 3.13. The van der Waals surface area contributed by atoms with Crippen molar-refractivity contribution in [3.05, 3.63) is 0 Å². The number of nitrogens with one attached hydrogen (secondary N) is 1. The molecule has 0 spiro atoms. The zero-order chi connectivity index (χ0) is 10.9. The summed E-state index contributed by atoms with van der Waals surface area (Å²) in [4.78, 5) is 0. The lowest BCUT2D eigenvalue weighted by Crippen LogP contribution is -2.37. The van der Waals surface area contributed by atoms with Crippen LogP contribution in [0.15, 0.2) is 0 Å². The second kappa shape index (κ2) is 8.57. The molecular formula is C11H25NOS. The maximum Gasteiger partial charge on any atom is 0.0740 e. The van der Waals surface area contributed by atoms with Crippen LogP contribution in [0.25, 0.3) is 0 Å². The molecule has 0 saturated carbocycles. The molecule has 0 heterocycles. The first kappa shape index (κ1) is 14.3. The van der Waals surface area contributed by atoms with E-state index in [1.165, 1.54) is 25.0 Å². The lowest BCUT2D eigenvalue weighted by molar-refractivity contribution is 0.0560. The second-order valence-corrected chi connectivity index (χ2v) is 5.07. The first-order valence-electron chi connectivity index (χ1n) is 5.54. The van der Waals surface area contributed by atoms with Gasteiger partial charge in [0.1, 0.15) is 0 Å². The molecule has 0 bridgehead atoms. The Kier molecular flexibility index (Phi) is 8.73. The fourth-order valence-electron chi connectivity index (χ4n) is 1.16. The fraction of sp³-hybridized carbons (Fsp3) is 1.00. The van der Waals surface area contributed by atoms with Gasteiger partial charge in [0, 0.05) is 6.54 Å². The van der Waals surface area contributed by atoms with Crippen molar-refractivity contribution in [2.24, 2.45) is 0 Å². The van der Waals surface area contributed by atoms with Gasteiger partial charge < -0.3 is 10.4 Å². The van der Waals surface area contributed by atoms with E-state index in [0.717, 1.165) is 13.0 Å². The average molecular weight is 219 g/mol. The maximum atomic E-state index is 9.70. The molecule has 0 radical (unpaired) electrons. The third kappa shape index (κ3) is 8.85. The molecule has 0 aromatic carbocycles. The summed E-state index contributed by atoms with van der Waals surface area (Å²) in [6, 6.07) is 0. The van der Waals surface area contributed by atoms with E-state index in [1.807, 2.05) is 25.6 Å². The first-order valence-corrected chi connectivity index (χ1v) is 6.94. The molecular weight excluding hydrogens is 194 g/mol. The highest BCUT2D eigenvalue weighted by Crippen LogP contribution is 2.06. The molecule has 0 aliphatic heterocycles. The number of thioether (sulfide) groups is 1. The normalized spacial score (nSPS) is 15.4. The van der Waals surface area contributed by atoms with Crippen molar-refractivity contribution in [1.29, 1.82) is 0 Å². The lowest BCUT2D eigenvalue weighted by Gasteiger charge is -2.21. The lowest BCUT2D eigenvalue weighted by atomic mass is 10.0. The average Bonchev–Trinajstić information content (AvgIpc) is 2.16.